The number of rotatable bonds is 7. The zero-order valence-corrected chi connectivity index (χ0v) is 12.0. The first kappa shape index (κ1) is 14.5. The lowest BCUT2D eigenvalue weighted by atomic mass is 10.2. The summed E-state index contributed by atoms with van der Waals surface area (Å²) >= 11 is 1.47. The molecule has 0 radical (unpaired) electrons. The first-order valence-corrected chi connectivity index (χ1v) is 7.86. The van der Waals surface area contributed by atoms with E-state index in [0.29, 0.717) is 6.04 Å². The van der Waals surface area contributed by atoms with Crippen LogP contribution in [0, 0.1) is 0 Å². The first-order chi connectivity index (χ1) is 9.31. The highest BCUT2D eigenvalue weighted by atomic mass is 32.1. The molecular formula is C14H22N2O2S. The number of carbonyl (C=O) groups is 1. The molecule has 1 aliphatic heterocycles. The number of amides is 1. The van der Waals surface area contributed by atoms with Gasteiger partial charge in [0, 0.05) is 12.6 Å². The molecule has 0 aliphatic carbocycles. The van der Waals surface area contributed by atoms with Crippen molar-refractivity contribution in [1.29, 1.82) is 0 Å². The molecule has 5 heteroatoms. The first-order valence-electron chi connectivity index (χ1n) is 6.98. The highest BCUT2D eigenvalue weighted by molar-refractivity contribution is 7.12. The summed E-state index contributed by atoms with van der Waals surface area (Å²) in [6, 6.07) is 4.10. The van der Waals surface area contributed by atoms with E-state index in [0.717, 1.165) is 43.8 Å². The fourth-order valence-corrected chi connectivity index (χ4v) is 3.17. The van der Waals surface area contributed by atoms with E-state index < -0.39 is 0 Å². The zero-order chi connectivity index (χ0) is 13.5. The van der Waals surface area contributed by atoms with Gasteiger partial charge in [-0.3, -0.25) is 9.69 Å². The van der Waals surface area contributed by atoms with Crippen molar-refractivity contribution in [3.05, 3.63) is 22.4 Å². The van der Waals surface area contributed by atoms with Crippen LogP contribution in [0.2, 0.25) is 0 Å². The molecule has 1 aromatic rings. The van der Waals surface area contributed by atoms with Gasteiger partial charge in [0.2, 0.25) is 0 Å². The molecule has 1 amide bonds. The van der Waals surface area contributed by atoms with E-state index in [2.05, 4.69) is 10.2 Å². The predicted molar refractivity (Wildman–Crippen MR) is 77.6 cm³/mol. The lowest BCUT2D eigenvalue weighted by Gasteiger charge is -2.22. The van der Waals surface area contributed by atoms with Gasteiger partial charge in [-0.05, 0) is 50.2 Å². The Morgan fingerprint density at radius 3 is 3.16 bits per heavy atom. The molecule has 2 rings (SSSR count). The Morgan fingerprint density at radius 2 is 2.42 bits per heavy atom. The quantitative estimate of drug-likeness (QED) is 0.749. The standard InChI is InChI=1S/C14H22N2O2S/c17-11-12-5-3-9-16(12)8-2-1-7-15-14(18)13-6-4-10-19-13/h4,6,10,12,17H,1-3,5,7-9,11H2,(H,15,18). The van der Waals surface area contributed by atoms with Crippen molar-refractivity contribution in [2.45, 2.75) is 31.7 Å². The number of aliphatic hydroxyl groups excluding tert-OH is 1. The molecule has 0 saturated carbocycles. The summed E-state index contributed by atoms with van der Waals surface area (Å²) in [6.45, 7) is 3.14. The summed E-state index contributed by atoms with van der Waals surface area (Å²) in [5.41, 5.74) is 0. The van der Waals surface area contributed by atoms with Gasteiger partial charge in [-0.15, -0.1) is 11.3 Å². The van der Waals surface area contributed by atoms with E-state index in [9.17, 15) is 9.90 Å². The molecule has 0 spiro atoms. The molecule has 0 bridgehead atoms. The summed E-state index contributed by atoms with van der Waals surface area (Å²) in [7, 11) is 0. The van der Waals surface area contributed by atoms with Crippen LogP contribution in [-0.4, -0.2) is 48.2 Å². The van der Waals surface area contributed by atoms with Gasteiger partial charge in [-0.25, -0.2) is 0 Å². The topological polar surface area (TPSA) is 52.6 Å². The Hall–Kier alpha value is -0.910. The third-order valence-electron chi connectivity index (χ3n) is 3.61. The highest BCUT2D eigenvalue weighted by Crippen LogP contribution is 2.16. The monoisotopic (exact) mass is 282 g/mol. The van der Waals surface area contributed by atoms with Gasteiger partial charge in [-0.1, -0.05) is 6.07 Å². The summed E-state index contributed by atoms with van der Waals surface area (Å²) in [4.78, 5) is 14.8. The molecule has 19 heavy (non-hydrogen) atoms. The smallest absolute Gasteiger partial charge is 0.261 e. The van der Waals surface area contributed by atoms with Gasteiger partial charge in [0.25, 0.3) is 5.91 Å². The van der Waals surface area contributed by atoms with E-state index in [-0.39, 0.29) is 12.5 Å². The highest BCUT2D eigenvalue weighted by Gasteiger charge is 2.22. The maximum atomic E-state index is 11.7. The van der Waals surface area contributed by atoms with Gasteiger partial charge in [0.05, 0.1) is 11.5 Å². The minimum absolute atomic E-state index is 0.0319. The average Bonchev–Trinajstić information content (AvgIpc) is 3.09. The largest absolute Gasteiger partial charge is 0.395 e. The molecular weight excluding hydrogens is 260 g/mol. The number of likely N-dealkylation sites (tertiary alicyclic amines) is 1. The van der Waals surface area contributed by atoms with Gasteiger partial charge >= 0.3 is 0 Å². The number of carbonyl (C=O) groups excluding carboxylic acids is 1. The molecule has 2 N–H and O–H groups in total. The van der Waals surface area contributed by atoms with Crippen molar-refractivity contribution in [2.75, 3.05) is 26.2 Å². The van der Waals surface area contributed by atoms with Gasteiger partial charge < -0.3 is 10.4 Å². The molecule has 1 saturated heterocycles. The van der Waals surface area contributed by atoms with Crippen molar-refractivity contribution < 1.29 is 9.90 Å². The fraction of sp³-hybridized carbons (Fsp3) is 0.643. The molecule has 1 atom stereocenters. The molecule has 4 nitrogen and oxygen atoms in total. The molecule has 1 unspecified atom stereocenters. The summed E-state index contributed by atoms with van der Waals surface area (Å²) < 4.78 is 0. The average molecular weight is 282 g/mol. The van der Waals surface area contributed by atoms with Crippen molar-refractivity contribution in [2.24, 2.45) is 0 Å². The second-order valence-electron chi connectivity index (χ2n) is 4.95. The van der Waals surface area contributed by atoms with Crippen LogP contribution in [0.3, 0.4) is 0 Å². The van der Waals surface area contributed by atoms with Crippen LogP contribution in [0.5, 0.6) is 0 Å². The van der Waals surface area contributed by atoms with E-state index >= 15 is 0 Å². The number of nitrogens with zero attached hydrogens (tertiary/aromatic N) is 1. The second kappa shape index (κ2) is 7.62. The number of thiophene rings is 1. The van der Waals surface area contributed by atoms with Crippen LogP contribution in [0.1, 0.15) is 35.4 Å². The number of hydrogen-bond acceptors (Lipinski definition) is 4. The van der Waals surface area contributed by atoms with Crippen molar-refractivity contribution in [1.82, 2.24) is 10.2 Å². The molecule has 1 fully saturated rings. The van der Waals surface area contributed by atoms with Crippen LogP contribution < -0.4 is 5.32 Å². The number of nitrogens with one attached hydrogen (secondary N) is 1. The van der Waals surface area contributed by atoms with Crippen molar-refractivity contribution in [3.8, 4) is 0 Å². The lowest BCUT2D eigenvalue weighted by molar-refractivity contribution is 0.0956. The maximum absolute atomic E-state index is 11.7. The zero-order valence-electron chi connectivity index (χ0n) is 11.2. The molecule has 106 valence electrons. The third-order valence-corrected chi connectivity index (χ3v) is 4.48. The fourth-order valence-electron chi connectivity index (χ4n) is 2.53. The maximum Gasteiger partial charge on any atom is 0.261 e. The summed E-state index contributed by atoms with van der Waals surface area (Å²) in [6.07, 6.45) is 4.37. The molecule has 1 aromatic heterocycles. The van der Waals surface area contributed by atoms with E-state index in [1.54, 1.807) is 0 Å². The van der Waals surface area contributed by atoms with Gasteiger partial charge in [0.15, 0.2) is 0 Å². The Labute approximate surface area is 118 Å². The van der Waals surface area contributed by atoms with Crippen molar-refractivity contribution in [3.63, 3.8) is 0 Å². The minimum atomic E-state index is 0.0319. The van der Waals surface area contributed by atoms with Crippen LogP contribution in [-0.2, 0) is 0 Å². The van der Waals surface area contributed by atoms with Gasteiger partial charge in [0.1, 0.15) is 0 Å². The summed E-state index contributed by atoms with van der Waals surface area (Å²) in [5.74, 6) is 0.0319. The molecule has 0 aromatic carbocycles. The van der Waals surface area contributed by atoms with E-state index in [1.807, 2.05) is 17.5 Å². The lowest BCUT2D eigenvalue weighted by Crippen LogP contribution is -2.33. The van der Waals surface area contributed by atoms with Crippen LogP contribution >= 0.6 is 11.3 Å². The normalized spacial score (nSPS) is 19.7. The van der Waals surface area contributed by atoms with E-state index in [1.165, 1.54) is 17.8 Å². The third kappa shape index (κ3) is 4.30. The Bertz CT molecular complexity index is 381. The Balaban J connectivity index is 1.56. The number of unbranched alkanes of at least 4 members (excludes halogenated alkanes) is 1. The minimum Gasteiger partial charge on any atom is -0.395 e. The Kier molecular flexibility index (Phi) is 5.82. The van der Waals surface area contributed by atoms with Crippen LogP contribution in [0.4, 0.5) is 0 Å². The number of aliphatic hydroxyl groups is 1. The van der Waals surface area contributed by atoms with Crippen LogP contribution in [0.15, 0.2) is 17.5 Å². The van der Waals surface area contributed by atoms with E-state index in [4.69, 9.17) is 0 Å². The summed E-state index contributed by atoms with van der Waals surface area (Å²) in [5, 5.41) is 14.1. The van der Waals surface area contributed by atoms with Crippen LogP contribution in [0.25, 0.3) is 0 Å². The molecule has 2 heterocycles. The SMILES string of the molecule is O=C(NCCCCN1CCCC1CO)c1cccs1. The number of hydrogen-bond donors (Lipinski definition) is 2. The Morgan fingerprint density at radius 1 is 1.53 bits per heavy atom. The predicted octanol–water partition coefficient (Wildman–Crippen LogP) is 1.71. The second-order valence-corrected chi connectivity index (χ2v) is 5.90. The van der Waals surface area contributed by atoms with Crippen molar-refractivity contribution >= 4 is 17.2 Å². The molecule has 1 aliphatic rings. The van der Waals surface area contributed by atoms with Gasteiger partial charge in [-0.2, -0.15) is 0 Å².